The molecule has 2 aliphatic heterocycles. The molecular weight excluding hydrogens is 673 g/mol. The first-order valence-electron chi connectivity index (χ1n) is 18.3. The van der Waals surface area contributed by atoms with Crippen molar-refractivity contribution in [1.82, 2.24) is 24.8 Å². The van der Waals surface area contributed by atoms with Gasteiger partial charge in [0.2, 0.25) is 0 Å². The summed E-state index contributed by atoms with van der Waals surface area (Å²) in [6, 6.07) is 20.1. The minimum Gasteiger partial charge on any atom is -0.497 e. The molecule has 0 radical (unpaired) electrons. The van der Waals surface area contributed by atoms with Crippen LogP contribution in [0.5, 0.6) is 17.5 Å². The quantitative estimate of drug-likeness (QED) is 0.151. The largest absolute Gasteiger partial charge is 0.497 e. The Labute approximate surface area is 310 Å². The second-order valence-corrected chi connectivity index (χ2v) is 14.6. The predicted octanol–water partition coefficient (Wildman–Crippen LogP) is 6.58. The van der Waals surface area contributed by atoms with Crippen LogP contribution in [0.3, 0.4) is 0 Å². The number of aliphatic hydroxyl groups is 1. The molecule has 1 N–H and O–H groups in total. The van der Waals surface area contributed by atoms with Crippen molar-refractivity contribution < 1.29 is 23.7 Å². The molecule has 2 atom stereocenters. The third kappa shape index (κ3) is 8.29. The Morgan fingerprint density at radius 2 is 1.60 bits per heavy atom. The van der Waals surface area contributed by atoms with Crippen LogP contribution in [0.1, 0.15) is 49.3 Å². The lowest BCUT2D eigenvalue weighted by Crippen LogP contribution is -2.46. The number of methoxy groups -OCH3 is 2. The molecule has 2 aromatic carbocycles. The smallest absolute Gasteiger partial charge is 0.319 e. The van der Waals surface area contributed by atoms with Crippen LogP contribution in [0.2, 0.25) is 0 Å². The van der Waals surface area contributed by atoms with E-state index in [9.17, 15) is 5.11 Å². The number of fused-ring (bicyclic) bond motifs is 1. The van der Waals surface area contributed by atoms with Gasteiger partial charge in [-0.05, 0) is 106 Å². The number of benzene rings is 2. The fourth-order valence-corrected chi connectivity index (χ4v) is 7.32. The standard InChI is InChI=1S/C41H48FN7O4/c1-27-20-34(44-35(21-27)49(23-28-9-13-31(51-4)14-10-28)24-29-11-15-32(52-5)16-12-29)38-36(42)37-33(22-43-38)39(48-19-7-17-41(2,50)26-48)46-40(45-37)53-25-30-8-6-18-47(30)3/h9-16,20-22,30,50H,6-8,17-19,23-26H2,1-5H3/t30-,41+/m0/s1. The van der Waals surface area contributed by atoms with Crippen molar-refractivity contribution in [2.45, 2.75) is 64.3 Å². The van der Waals surface area contributed by atoms with Crippen molar-refractivity contribution in [3.63, 3.8) is 0 Å². The maximum Gasteiger partial charge on any atom is 0.319 e. The molecule has 5 aromatic rings. The number of likely N-dealkylation sites (tertiary alicyclic amines) is 1. The average molecular weight is 722 g/mol. The van der Waals surface area contributed by atoms with Gasteiger partial charge in [0.15, 0.2) is 5.82 Å². The number of hydrogen-bond donors (Lipinski definition) is 1. The molecule has 0 bridgehead atoms. The molecule has 2 fully saturated rings. The second-order valence-electron chi connectivity index (χ2n) is 14.6. The van der Waals surface area contributed by atoms with E-state index in [1.807, 2.05) is 79.4 Å². The van der Waals surface area contributed by atoms with Crippen LogP contribution in [0.15, 0.2) is 66.9 Å². The molecule has 0 spiro atoms. The molecule has 0 saturated carbocycles. The molecule has 0 unspecified atom stereocenters. The molecule has 11 nitrogen and oxygen atoms in total. The van der Waals surface area contributed by atoms with Gasteiger partial charge >= 0.3 is 6.01 Å². The van der Waals surface area contributed by atoms with Gasteiger partial charge in [0.1, 0.15) is 41.0 Å². The number of pyridine rings is 2. The third-order valence-electron chi connectivity index (χ3n) is 10.3. The number of aromatic nitrogens is 4. The lowest BCUT2D eigenvalue weighted by Gasteiger charge is -2.37. The van der Waals surface area contributed by atoms with Crippen LogP contribution < -0.4 is 24.0 Å². The molecule has 2 saturated heterocycles. The Bertz CT molecular complexity index is 1990. The normalized spacial score (nSPS) is 19.1. The van der Waals surface area contributed by atoms with E-state index in [-0.39, 0.29) is 23.3 Å². The summed E-state index contributed by atoms with van der Waals surface area (Å²) >= 11 is 0. The minimum atomic E-state index is -0.902. The van der Waals surface area contributed by atoms with Gasteiger partial charge in [-0.2, -0.15) is 9.97 Å². The number of hydrogen-bond acceptors (Lipinski definition) is 11. The Kier molecular flexibility index (Phi) is 10.6. The van der Waals surface area contributed by atoms with E-state index in [0.717, 1.165) is 54.0 Å². The van der Waals surface area contributed by atoms with E-state index in [2.05, 4.69) is 26.8 Å². The van der Waals surface area contributed by atoms with Crippen LogP contribution in [0.25, 0.3) is 22.3 Å². The SMILES string of the molecule is COc1ccc(CN(Cc2ccc(OC)cc2)c2cc(C)cc(-c3ncc4c(N5CCC[C@@](C)(O)C5)nc(OC[C@@H]5CCCN5C)nc4c3F)n2)cc1. The van der Waals surface area contributed by atoms with Gasteiger partial charge in [-0.1, -0.05) is 24.3 Å². The molecule has 0 amide bonds. The zero-order valence-corrected chi connectivity index (χ0v) is 31.2. The molecule has 278 valence electrons. The maximum atomic E-state index is 17.0. The Hall–Kier alpha value is -5.07. The number of aryl methyl sites for hydroxylation is 1. The molecule has 2 aliphatic rings. The van der Waals surface area contributed by atoms with Crippen LogP contribution in [0, 0.1) is 12.7 Å². The van der Waals surface area contributed by atoms with Crippen LogP contribution in [-0.2, 0) is 13.1 Å². The van der Waals surface area contributed by atoms with Gasteiger partial charge in [0.05, 0.1) is 30.9 Å². The zero-order chi connectivity index (χ0) is 37.1. The monoisotopic (exact) mass is 721 g/mol. The summed E-state index contributed by atoms with van der Waals surface area (Å²) in [6.07, 6.45) is 5.19. The van der Waals surface area contributed by atoms with Crippen molar-refractivity contribution in [2.24, 2.45) is 0 Å². The summed E-state index contributed by atoms with van der Waals surface area (Å²) in [5.74, 6) is 2.14. The van der Waals surface area contributed by atoms with Gasteiger partial charge in [-0.15, -0.1) is 0 Å². The lowest BCUT2D eigenvalue weighted by molar-refractivity contribution is 0.0447. The molecule has 12 heteroatoms. The molecular formula is C41H48FN7O4. The van der Waals surface area contributed by atoms with E-state index in [4.69, 9.17) is 24.2 Å². The van der Waals surface area contributed by atoms with E-state index < -0.39 is 11.4 Å². The van der Waals surface area contributed by atoms with Gasteiger partial charge in [-0.3, -0.25) is 4.98 Å². The number of nitrogens with zero attached hydrogens (tertiary/aromatic N) is 7. The van der Waals surface area contributed by atoms with Crippen molar-refractivity contribution in [2.75, 3.05) is 57.3 Å². The predicted molar refractivity (Wildman–Crippen MR) is 204 cm³/mol. The number of β-amino-alcohol motifs (C(OH)–C–C–N with tert-alkyl or cyclic N) is 1. The highest BCUT2D eigenvalue weighted by molar-refractivity contribution is 5.92. The zero-order valence-electron chi connectivity index (χ0n) is 31.2. The van der Waals surface area contributed by atoms with Gasteiger partial charge in [-0.25, -0.2) is 9.37 Å². The van der Waals surface area contributed by atoms with E-state index in [1.54, 1.807) is 20.4 Å². The maximum absolute atomic E-state index is 17.0. The fraction of sp³-hybridized carbons (Fsp3) is 0.415. The number of halogens is 1. The summed E-state index contributed by atoms with van der Waals surface area (Å²) in [4.78, 5) is 25.5. The van der Waals surface area contributed by atoms with Crippen LogP contribution in [-0.4, -0.2) is 89.1 Å². The first-order chi connectivity index (χ1) is 25.6. The van der Waals surface area contributed by atoms with Crippen molar-refractivity contribution in [3.05, 3.63) is 89.4 Å². The van der Waals surface area contributed by atoms with E-state index >= 15 is 4.39 Å². The van der Waals surface area contributed by atoms with Gasteiger partial charge in [0.25, 0.3) is 0 Å². The summed E-state index contributed by atoms with van der Waals surface area (Å²) in [5, 5.41) is 11.4. The molecule has 0 aliphatic carbocycles. The lowest BCUT2D eigenvalue weighted by atomic mass is 9.95. The second kappa shape index (κ2) is 15.5. The number of rotatable bonds is 12. The third-order valence-corrected chi connectivity index (χ3v) is 10.3. The van der Waals surface area contributed by atoms with Crippen molar-refractivity contribution in [3.8, 4) is 28.9 Å². The summed E-state index contributed by atoms with van der Waals surface area (Å²) in [6.45, 7) is 7.32. The van der Waals surface area contributed by atoms with E-state index in [0.29, 0.717) is 61.9 Å². The van der Waals surface area contributed by atoms with E-state index in [1.165, 1.54) is 0 Å². The van der Waals surface area contributed by atoms with Crippen molar-refractivity contribution in [1.29, 1.82) is 0 Å². The van der Waals surface area contributed by atoms with Gasteiger partial charge < -0.3 is 34.0 Å². The molecule has 5 heterocycles. The number of likely N-dealkylation sites (N-methyl/N-ethyl adjacent to an activating group) is 1. The summed E-state index contributed by atoms with van der Waals surface area (Å²) in [7, 11) is 5.38. The van der Waals surface area contributed by atoms with Crippen LogP contribution >= 0.6 is 0 Å². The summed E-state index contributed by atoms with van der Waals surface area (Å²) < 4.78 is 33.9. The Morgan fingerprint density at radius 3 is 2.21 bits per heavy atom. The van der Waals surface area contributed by atoms with Gasteiger partial charge in [0, 0.05) is 38.4 Å². The fourth-order valence-electron chi connectivity index (χ4n) is 7.32. The van der Waals surface area contributed by atoms with Crippen molar-refractivity contribution >= 4 is 22.5 Å². The Balaban J connectivity index is 1.28. The number of piperidine rings is 1. The number of anilines is 2. The summed E-state index contributed by atoms with van der Waals surface area (Å²) in [5.41, 5.74) is 2.73. The Morgan fingerprint density at radius 1 is 0.925 bits per heavy atom. The average Bonchev–Trinajstić information content (AvgIpc) is 3.57. The molecule has 53 heavy (non-hydrogen) atoms. The molecule has 7 rings (SSSR count). The van der Waals surface area contributed by atoms with Crippen LogP contribution in [0.4, 0.5) is 16.0 Å². The highest BCUT2D eigenvalue weighted by atomic mass is 19.1. The topological polar surface area (TPSA) is 109 Å². The highest BCUT2D eigenvalue weighted by Gasteiger charge is 2.32. The first kappa shape index (κ1) is 36.3. The molecule has 3 aromatic heterocycles. The first-order valence-corrected chi connectivity index (χ1v) is 18.3. The number of ether oxygens (including phenoxy) is 3. The highest BCUT2D eigenvalue weighted by Crippen LogP contribution is 2.35. The minimum absolute atomic E-state index is 0.0908.